The number of hydrogen-bond acceptors (Lipinski definition) is 12. The molecule has 19 heteroatoms. The third-order valence-corrected chi connectivity index (χ3v) is 7.17. The zero-order valence-electron chi connectivity index (χ0n) is 19.7. The van der Waals surface area contributed by atoms with Crippen molar-refractivity contribution < 1.29 is 42.1 Å². The third kappa shape index (κ3) is 5.89. The number of rotatable bonds is 11. The number of carbonyl (C=O) groups excluding carboxylic acids is 3. The fourth-order valence-electron chi connectivity index (χ4n) is 3.54. The zero-order chi connectivity index (χ0) is 27.7. The number of nitrogens with two attached hydrogens (primary N) is 2. The predicted molar refractivity (Wildman–Crippen MR) is 128 cm³/mol. The van der Waals surface area contributed by atoms with E-state index >= 15 is 0 Å². The van der Waals surface area contributed by atoms with Crippen LogP contribution < -0.4 is 16.8 Å². The van der Waals surface area contributed by atoms with Crippen molar-refractivity contribution in [3.63, 3.8) is 0 Å². The summed E-state index contributed by atoms with van der Waals surface area (Å²) in [6.07, 6.45) is 0. The average Bonchev–Trinajstić information content (AvgIpc) is 3.37. The van der Waals surface area contributed by atoms with Crippen LogP contribution in [0.25, 0.3) is 0 Å². The molecule has 2 aliphatic rings. The molecule has 2 saturated heterocycles. The van der Waals surface area contributed by atoms with E-state index in [1.165, 1.54) is 29.0 Å². The van der Waals surface area contributed by atoms with Gasteiger partial charge in [-0.2, -0.15) is 8.42 Å². The van der Waals surface area contributed by atoms with Crippen molar-refractivity contribution in [1.29, 1.82) is 0 Å². The molecule has 0 radical (unpaired) electrons. The Kier molecular flexibility index (Phi) is 7.91. The van der Waals surface area contributed by atoms with E-state index in [9.17, 15) is 37.3 Å². The monoisotopic (exact) mass is 562 g/mol. The van der Waals surface area contributed by atoms with Crippen molar-refractivity contribution in [3.05, 3.63) is 11.1 Å². The number of amides is 4. The first kappa shape index (κ1) is 28.0. The molecule has 7 N–H and O–H groups in total. The second-order valence-electron chi connectivity index (χ2n) is 8.55. The third-order valence-electron chi connectivity index (χ3n) is 5.55. The number of carboxylic acid groups (broad SMARTS) is 1. The SMILES string of the molecule is CC(C)(O/N=C(\C(=O)N[C@@H]1C(=O)N(S(=O)(=O)O)[C@@H]1CN1CCN(CCN)C1=O)c1csc(N)n1)C(=O)O. The summed E-state index contributed by atoms with van der Waals surface area (Å²) in [6.45, 7) is 3.03. The molecular weight excluding hydrogens is 536 g/mol. The highest BCUT2D eigenvalue weighted by atomic mass is 32.2. The quantitative estimate of drug-likeness (QED) is 0.0812. The summed E-state index contributed by atoms with van der Waals surface area (Å²) < 4.78 is 33.3. The van der Waals surface area contributed by atoms with E-state index in [-0.39, 0.29) is 41.3 Å². The first-order valence-electron chi connectivity index (χ1n) is 10.7. The van der Waals surface area contributed by atoms with Crippen molar-refractivity contribution in [1.82, 2.24) is 24.4 Å². The number of urea groups is 1. The number of thiazole rings is 1. The summed E-state index contributed by atoms with van der Waals surface area (Å²) in [4.78, 5) is 61.2. The van der Waals surface area contributed by atoms with Gasteiger partial charge in [0.25, 0.3) is 11.8 Å². The Balaban J connectivity index is 1.85. The Morgan fingerprint density at radius 1 is 1.32 bits per heavy atom. The van der Waals surface area contributed by atoms with Crippen molar-refractivity contribution >= 4 is 56.3 Å². The van der Waals surface area contributed by atoms with Gasteiger partial charge in [-0.05, 0) is 13.8 Å². The number of carbonyl (C=O) groups is 4. The molecule has 2 fully saturated rings. The van der Waals surface area contributed by atoms with Gasteiger partial charge < -0.3 is 36.5 Å². The molecule has 3 heterocycles. The van der Waals surface area contributed by atoms with Crippen LogP contribution >= 0.6 is 11.3 Å². The minimum atomic E-state index is -5.01. The lowest BCUT2D eigenvalue weighted by atomic mass is 9.97. The van der Waals surface area contributed by atoms with E-state index in [0.717, 1.165) is 11.3 Å². The smallest absolute Gasteiger partial charge is 0.362 e. The Morgan fingerprint density at radius 2 is 1.97 bits per heavy atom. The predicted octanol–water partition coefficient (Wildman–Crippen LogP) is -2.50. The van der Waals surface area contributed by atoms with Gasteiger partial charge in [0, 0.05) is 38.1 Å². The number of aromatic nitrogens is 1. The summed E-state index contributed by atoms with van der Waals surface area (Å²) in [5.41, 5.74) is 8.63. The zero-order valence-corrected chi connectivity index (χ0v) is 21.4. The maximum atomic E-state index is 13.1. The maximum Gasteiger partial charge on any atom is 0.362 e. The number of β-lactam (4-membered cyclic amide) rings is 1. The van der Waals surface area contributed by atoms with Gasteiger partial charge in [0.2, 0.25) is 5.60 Å². The van der Waals surface area contributed by atoms with Crippen LogP contribution in [0.3, 0.4) is 0 Å². The van der Waals surface area contributed by atoms with Crippen LogP contribution in [0.2, 0.25) is 0 Å². The molecule has 2 atom stereocenters. The van der Waals surface area contributed by atoms with Crippen LogP contribution in [0.1, 0.15) is 19.5 Å². The molecule has 0 saturated carbocycles. The first-order valence-corrected chi connectivity index (χ1v) is 13.0. The van der Waals surface area contributed by atoms with Gasteiger partial charge in [0.15, 0.2) is 10.8 Å². The van der Waals surface area contributed by atoms with E-state index in [2.05, 4.69) is 15.5 Å². The Labute approximate surface area is 214 Å². The first-order chi connectivity index (χ1) is 17.2. The van der Waals surface area contributed by atoms with Crippen molar-refractivity contribution in [2.75, 3.05) is 38.5 Å². The second-order valence-corrected chi connectivity index (χ2v) is 10.7. The van der Waals surface area contributed by atoms with Gasteiger partial charge in [-0.1, -0.05) is 5.16 Å². The number of nitrogens with one attached hydrogen (secondary N) is 1. The van der Waals surface area contributed by atoms with Gasteiger partial charge >= 0.3 is 22.3 Å². The van der Waals surface area contributed by atoms with E-state index in [0.29, 0.717) is 6.54 Å². The number of nitrogen functional groups attached to an aromatic ring is 1. The molecule has 0 aliphatic carbocycles. The number of anilines is 1. The minimum Gasteiger partial charge on any atom is -0.478 e. The lowest BCUT2D eigenvalue weighted by Gasteiger charge is -2.45. The van der Waals surface area contributed by atoms with Crippen LogP contribution in [0, 0.1) is 0 Å². The van der Waals surface area contributed by atoms with E-state index in [1.807, 2.05) is 0 Å². The largest absolute Gasteiger partial charge is 0.478 e. The molecular formula is C18H26N8O9S2. The summed E-state index contributed by atoms with van der Waals surface area (Å²) in [5.74, 6) is -3.61. The van der Waals surface area contributed by atoms with Gasteiger partial charge in [-0.15, -0.1) is 11.3 Å². The highest BCUT2D eigenvalue weighted by Gasteiger charge is 2.55. The summed E-state index contributed by atoms with van der Waals surface area (Å²) >= 11 is 0.948. The fraction of sp³-hybridized carbons (Fsp3) is 0.556. The highest BCUT2D eigenvalue weighted by Crippen LogP contribution is 2.26. The van der Waals surface area contributed by atoms with Gasteiger partial charge in [-0.25, -0.2) is 18.9 Å². The Bertz CT molecular complexity index is 1230. The van der Waals surface area contributed by atoms with E-state index in [4.69, 9.17) is 16.3 Å². The van der Waals surface area contributed by atoms with Crippen molar-refractivity contribution in [3.8, 4) is 0 Å². The number of oxime groups is 1. The summed E-state index contributed by atoms with van der Waals surface area (Å²) in [7, 11) is -5.01. The normalized spacial score (nSPS) is 20.8. The van der Waals surface area contributed by atoms with Crippen LogP contribution in [0.4, 0.5) is 9.93 Å². The average molecular weight is 563 g/mol. The number of hydrogen-bond donors (Lipinski definition) is 5. The lowest BCUT2D eigenvalue weighted by molar-refractivity contribution is -0.161. The maximum absolute atomic E-state index is 13.1. The number of nitrogens with zero attached hydrogens (tertiary/aromatic N) is 5. The number of aliphatic carboxylic acids is 1. The van der Waals surface area contributed by atoms with Crippen molar-refractivity contribution in [2.45, 2.75) is 31.5 Å². The number of carboxylic acids is 1. The van der Waals surface area contributed by atoms with Crippen LogP contribution in [-0.2, 0) is 29.5 Å². The topological polar surface area (TPSA) is 251 Å². The van der Waals surface area contributed by atoms with E-state index < -0.39 is 57.5 Å². The van der Waals surface area contributed by atoms with Crippen LogP contribution in [-0.4, -0.2) is 117 Å². The van der Waals surface area contributed by atoms with Gasteiger partial charge in [0.05, 0.1) is 6.04 Å². The molecule has 0 aromatic carbocycles. The molecule has 204 valence electrons. The molecule has 17 nitrogen and oxygen atoms in total. The fourth-order valence-corrected chi connectivity index (χ4v) is 4.96. The molecule has 0 bridgehead atoms. The van der Waals surface area contributed by atoms with Gasteiger partial charge in [0.1, 0.15) is 11.7 Å². The minimum absolute atomic E-state index is 0.0534. The van der Waals surface area contributed by atoms with Gasteiger partial charge in [-0.3, -0.25) is 14.1 Å². The standard InChI is InChI=1S/C18H26N8O9S2/c1-18(2,15(29)30)35-23-11(9-8-36-16(20)21-9)13(27)22-12-10(26(14(12)28)37(32,33)34)7-25-6-5-24(4-3-19)17(25)31/h8,10,12H,3-7,19H2,1-2H3,(H2,20,21)(H,22,27)(H,29,30)(H,32,33,34)/b23-11-/t10-,12+/m1/s1. The molecule has 4 amide bonds. The Morgan fingerprint density at radius 3 is 2.51 bits per heavy atom. The second kappa shape index (κ2) is 10.4. The van der Waals surface area contributed by atoms with Crippen LogP contribution in [0.15, 0.2) is 10.5 Å². The Hall–Kier alpha value is -3.55. The summed E-state index contributed by atoms with van der Waals surface area (Å²) in [5, 5.41) is 16.6. The molecule has 37 heavy (non-hydrogen) atoms. The van der Waals surface area contributed by atoms with Crippen molar-refractivity contribution in [2.24, 2.45) is 10.9 Å². The molecule has 0 spiro atoms. The molecule has 3 rings (SSSR count). The molecule has 1 aromatic heterocycles. The molecule has 1 aromatic rings. The van der Waals surface area contributed by atoms with E-state index in [1.54, 1.807) is 0 Å². The lowest BCUT2D eigenvalue weighted by Crippen LogP contribution is -2.74. The van der Waals surface area contributed by atoms with Crippen LogP contribution in [0.5, 0.6) is 0 Å². The highest BCUT2D eigenvalue weighted by molar-refractivity contribution is 7.84. The summed E-state index contributed by atoms with van der Waals surface area (Å²) in [6, 6.07) is -3.28. The molecule has 0 unspecified atom stereocenters. The molecule has 2 aliphatic heterocycles.